The monoisotopic (exact) mass is 179 g/mol. The molecule has 0 aliphatic carbocycles. The highest BCUT2D eigenvalue weighted by atomic mass is 19.1. The van der Waals surface area contributed by atoms with Crippen LogP contribution >= 0.6 is 0 Å². The van der Waals surface area contributed by atoms with E-state index in [4.69, 9.17) is 16.7 Å². The Balaban J connectivity index is 3.08. The molecule has 13 heavy (non-hydrogen) atoms. The molecule has 0 bridgehead atoms. The van der Waals surface area contributed by atoms with Gasteiger partial charge in [-0.05, 0) is 17.7 Å². The number of hydrogen-bond acceptors (Lipinski definition) is 3. The first-order valence-corrected chi connectivity index (χ1v) is 3.84. The molecule has 0 saturated carbocycles. The second-order valence-electron chi connectivity index (χ2n) is 2.69. The first-order valence-electron chi connectivity index (χ1n) is 3.84. The van der Waals surface area contributed by atoms with Crippen LogP contribution in [0.5, 0.6) is 0 Å². The van der Waals surface area contributed by atoms with Gasteiger partial charge in [0.2, 0.25) is 0 Å². The highest BCUT2D eigenvalue weighted by molar-refractivity contribution is 5.35. The highest BCUT2D eigenvalue weighted by Gasteiger charge is 2.07. The first kappa shape index (κ1) is 9.65. The fourth-order valence-electron chi connectivity index (χ4n) is 0.995. The normalized spacial score (nSPS) is 12.2. The summed E-state index contributed by atoms with van der Waals surface area (Å²) in [5.74, 6) is -0.532. The van der Waals surface area contributed by atoms with Gasteiger partial charge in [0.25, 0.3) is 0 Å². The second kappa shape index (κ2) is 3.99. The van der Waals surface area contributed by atoms with Crippen LogP contribution in [-0.4, -0.2) is 6.54 Å². The highest BCUT2D eigenvalue weighted by Crippen LogP contribution is 2.13. The van der Waals surface area contributed by atoms with Crippen molar-refractivity contribution in [3.05, 3.63) is 35.1 Å². The summed E-state index contributed by atoms with van der Waals surface area (Å²) in [6.07, 6.45) is 0. The Bertz CT molecular complexity index is 343. The van der Waals surface area contributed by atoms with Gasteiger partial charge >= 0.3 is 0 Å². The van der Waals surface area contributed by atoms with E-state index in [0.717, 1.165) is 0 Å². The van der Waals surface area contributed by atoms with Crippen LogP contribution in [0.15, 0.2) is 18.2 Å². The third kappa shape index (κ3) is 2.02. The largest absolute Gasteiger partial charge is 0.329 e. The molecule has 0 spiro atoms. The molecular weight excluding hydrogens is 169 g/mol. The van der Waals surface area contributed by atoms with Crippen LogP contribution < -0.4 is 11.5 Å². The van der Waals surface area contributed by atoms with Gasteiger partial charge in [0.05, 0.1) is 5.56 Å². The van der Waals surface area contributed by atoms with Crippen LogP contribution in [0.3, 0.4) is 0 Å². The molecule has 1 aromatic carbocycles. The van der Waals surface area contributed by atoms with E-state index < -0.39 is 5.82 Å². The summed E-state index contributed by atoms with van der Waals surface area (Å²) in [5, 5.41) is 8.54. The number of benzene rings is 1. The summed E-state index contributed by atoms with van der Waals surface area (Å²) in [6, 6.07) is 5.59. The molecule has 0 aliphatic heterocycles. The maximum absolute atomic E-state index is 12.8. The van der Waals surface area contributed by atoms with Crippen molar-refractivity contribution in [2.24, 2.45) is 11.5 Å². The molecule has 0 radical (unpaired) electrons. The summed E-state index contributed by atoms with van der Waals surface area (Å²) in [4.78, 5) is 0. The zero-order chi connectivity index (χ0) is 9.84. The molecule has 4 heteroatoms. The van der Waals surface area contributed by atoms with E-state index >= 15 is 0 Å². The number of nitrogens with two attached hydrogens (primary N) is 2. The number of halogens is 1. The lowest BCUT2D eigenvalue weighted by atomic mass is 10.0. The van der Waals surface area contributed by atoms with Crippen molar-refractivity contribution in [2.75, 3.05) is 6.54 Å². The summed E-state index contributed by atoms with van der Waals surface area (Å²) in [7, 11) is 0. The molecule has 0 aromatic heterocycles. The smallest absolute Gasteiger partial charge is 0.140 e. The van der Waals surface area contributed by atoms with E-state index in [1.54, 1.807) is 6.07 Å². The molecule has 4 N–H and O–H groups in total. The second-order valence-corrected chi connectivity index (χ2v) is 2.69. The van der Waals surface area contributed by atoms with Crippen molar-refractivity contribution < 1.29 is 4.39 Å². The van der Waals surface area contributed by atoms with Crippen LogP contribution in [-0.2, 0) is 0 Å². The van der Waals surface area contributed by atoms with Crippen molar-refractivity contribution in [3.63, 3.8) is 0 Å². The van der Waals surface area contributed by atoms with Crippen LogP contribution in [0.25, 0.3) is 0 Å². The summed E-state index contributed by atoms with van der Waals surface area (Å²) in [6.45, 7) is 0.274. The molecule has 0 unspecified atom stereocenters. The first-order chi connectivity index (χ1) is 6.19. The number of nitriles is 1. The molecule has 0 heterocycles. The van der Waals surface area contributed by atoms with Gasteiger partial charge in [-0.1, -0.05) is 6.07 Å². The van der Waals surface area contributed by atoms with Gasteiger partial charge < -0.3 is 11.5 Å². The molecule has 0 amide bonds. The summed E-state index contributed by atoms with van der Waals surface area (Å²) >= 11 is 0. The van der Waals surface area contributed by atoms with Gasteiger partial charge in [-0.15, -0.1) is 0 Å². The van der Waals surface area contributed by atoms with Crippen molar-refractivity contribution in [3.8, 4) is 6.07 Å². The van der Waals surface area contributed by atoms with Crippen LogP contribution in [0.4, 0.5) is 4.39 Å². The minimum Gasteiger partial charge on any atom is -0.329 e. The Labute approximate surface area is 75.8 Å². The molecule has 0 fully saturated rings. The van der Waals surface area contributed by atoms with Gasteiger partial charge in [-0.3, -0.25) is 0 Å². The van der Waals surface area contributed by atoms with Crippen LogP contribution in [0.1, 0.15) is 17.2 Å². The number of rotatable bonds is 2. The molecule has 3 nitrogen and oxygen atoms in total. The van der Waals surface area contributed by atoms with Crippen LogP contribution in [0.2, 0.25) is 0 Å². The van der Waals surface area contributed by atoms with Crippen molar-refractivity contribution in [2.45, 2.75) is 6.04 Å². The third-order valence-corrected chi connectivity index (χ3v) is 1.79. The van der Waals surface area contributed by atoms with Crippen LogP contribution in [0, 0.1) is 17.1 Å². The lowest BCUT2D eigenvalue weighted by Gasteiger charge is -2.08. The van der Waals surface area contributed by atoms with Gasteiger partial charge in [-0.25, -0.2) is 4.39 Å². The molecule has 1 rings (SSSR count). The van der Waals surface area contributed by atoms with Crippen molar-refractivity contribution in [1.82, 2.24) is 0 Å². The zero-order valence-corrected chi connectivity index (χ0v) is 7.00. The van der Waals surface area contributed by atoms with Crippen molar-refractivity contribution >= 4 is 0 Å². The molecular formula is C9H10FN3. The number of hydrogen-bond donors (Lipinski definition) is 2. The van der Waals surface area contributed by atoms with E-state index in [2.05, 4.69) is 0 Å². The van der Waals surface area contributed by atoms with E-state index in [1.807, 2.05) is 0 Å². The fourth-order valence-corrected chi connectivity index (χ4v) is 0.995. The third-order valence-electron chi connectivity index (χ3n) is 1.79. The zero-order valence-electron chi connectivity index (χ0n) is 7.00. The van der Waals surface area contributed by atoms with Gasteiger partial charge in [0, 0.05) is 12.6 Å². The Morgan fingerprint density at radius 2 is 2.23 bits per heavy atom. The lowest BCUT2D eigenvalue weighted by molar-refractivity contribution is 0.621. The Morgan fingerprint density at radius 1 is 1.54 bits per heavy atom. The molecule has 0 saturated heterocycles. The standard InChI is InChI=1S/C9H10FN3/c10-8-2-1-6(9(13)5-12)3-7(8)4-11/h1-3,9H,5,12-13H2/t9-/m1/s1. The minimum atomic E-state index is -0.532. The molecule has 1 aromatic rings. The maximum Gasteiger partial charge on any atom is 0.140 e. The van der Waals surface area contributed by atoms with Gasteiger partial charge in [0.1, 0.15) is 11.9 Å². The quantitative estimate of drug-likeness (QED) is 0.700. The van der Waals surface area contributed by atoms with E-state index in [9.17, 15) is 4.39 Å². The topological polar surface area (TPSA) is 75.8 Å². The van der Waals surface area contributed by atoms with Gasteiger partial charge in [-0.2, -0.15) is 5.26 Å². The average Bonchev–Trinajstić information content (AvgIpc) is 2.17. The average molecular weight is 179 g/mol. The van der Waals surface area contributed by atoms with E-state index in [-0.39, 0.29) is 18.2 Å². The lowest BCUT2D eigenvalue weighted by Crippen LogP contribution is -2.20. The molecule has 68 valence electrons. The van der Waals surface area contributed by atoms with E-state index in [1.165, 1.54) is 18.2 Å². The predicted octanol–water partition coefficient (Wildman–Crippen LogP) is 0.656. The van der Waals surface area contributed by atoms with Gasteiger partial charge in [0.15, 0.2) is 0 Å². The molecule has 0 aliphatic rings. The maximum atomic E-state index is 12.8. The Morgan fingerprint density at radius 3 is 2.77 bits per heavy atom. The Hall–Kier alpha value is -1.44. The Kier molecular flexibility index (Phi) is 2.96. The SMILES string of the molecule is N#Cc1cc([C@H](N)CN)ccc1F. The van der Waals surface area contributed by atoms with Crippen molar-refractivity contribution in [1.29, 1.82) is 5.26 Å². The fraction of sp³-hybridized carbons (Fsp3) is 0.222. The summed E-state index contributed by atoms with van der Waals surface area (Å²) in [5.41, 5.74) is 11.6. The predicted molar refractivity (Wildman–Crippen MR) is 47.1 cm³/mol. The summed E-state index contributed by atoms with van der Waals surface area (Å²) < 4.78 is 12.8. The van der Waals surface area contributed by atoms with E-state index in [0.29, 0.717) is 5.56 Å². The number of nitrogens with zero attached hydrogens (tertiary/aromatic N) is 1. The minimum absolute atomic E-state index is 0.00130. The molecule has 1 atom stereocenters.